The summed E-state index contributed by atoms with van der Waals surface area (Å²) in [4.78, 5) is 12.1. The molecule has 0 heterocycles. The van der Waals surface area contributed by atoms with Crippen LogP contribution in [0.15, 0.2) is 12.1 Å². The lowest BCUT2D eigenvalue weighted by molar-refractivity contribution is -0.125. The number of nitrogens with two attached hydrogens (primary N) is 1. The number of hydrogen-bond acceptors (Lipinski definition) is 2. The zero-order valence-corrected chi connectivity index (χ0v) is 12.7. The Morgan fingerprint density at radius 2 is 1.74 bits per heavy atom. The van der Waals surface area contributed by atoms with Crippen LogP contribution in [0.3, 0.4) is 0 Å². The summed E-state index contributed by atoms with van der Waals surface area (Å²) in [6, 6.07) is 4.51. The third-order valence-corrected chi connectivity index (χ3v) is 3.50. The Hall–Kier alpha value is -1.35. The molecule has 3 heteroatoms. The van der Waals surface area contributed by atoms with Gasteiger partial charge in [-0.15, -0.1) is 0 Å². The summed E-state index contributed by atoms with van der Waals surface area (Å²) in [7, 11) is 0. The number of hydrogen-bond donors (Lipinski definition) is 2. The molecular weight excluding hydrogens is 236 g/mol. The molecule has 19 heavy (non-hydrogen) atoms. The van der Waals surface area contributed by atoms with Crippen molar-refractivity contribution in [3.63, 3.8) is 0 Å². The van der Waals surface area contributed by atoms with Gasteiger partial charge in [-0.05, 0) is 63.3 Å². The minimum absolute atomic E-state index is 0.0510. The van der Waals surface area contributed by atoms with Gasteiger partial charge in [-0.25, -0.2) is 0 Å². The second kappa shape index (κ2) is 6.71. The maximum absolute atomic E-state index is 12.1. The van der Waals surface area contributed by atoms with Gasteiger partial charge in [0.15, 0.2) is 0 Å². The molecule has 1 rings (SSSR count). The first kappa shape index (κ1) is 15.7. The molecule has 1 unspecified atom stereocenters. The fraction of sp³-hybridized carbons (Fsp3) is 0.562. The maximum Gasteiger partial charge on any atom is 0.224 e. The van der Waals surface area contributed by atoms with Crippen molar-refractivity contribution < 1.29 is 4.79 Å². The number of nitrogens with one attached hydrogen (secondary N) is 1. The molecular formula is C16H26N2O. The highest BCUT2D eigenvalue weighted by atomic mass is 16.1. The molecule has 3 nitrogen and oxygen atoms in total. The van der Waals surface area contributed by atoms with Crippen molar-refractivity contribution in [1.82, 2.24) is 5.32 Å². The largest absolute Gasteiger partial charge is 0.354 e. The molecule has 1 aromatic carbocycles. The Morgan fingerprint density at radius 1 is 1.16 bits per heavy atom. The lowest BCUT2D eigenvalue weighted by Gasteiger charge is -2.18. The molecule has 0 saturated heterocycles. The number of amides is 1. The van der Waals surface area contributed by atoms with E-state index >= 15 is 0 Å². The molecule has 0 spiro atoms. The highest BCUT2D eigenvalue weighted by Gasteiger charge is 2.19. The summed E-state index contributed by atoms with van der Waals surface area (Å²) in [6.45, 7) is 10.6. The number of carbonyl (C=O) groups is 1. The van der Waals surface area contributed by atoms with E-state index in [2.05, 4.69) is 38.2 Å². The van der Waals surface area contributed by atoms with Gasteiger partial charge in [0.2, 0.25) is 5.91 Å². The fourth-order valence-corrected chi connectivity index (χ4v) is 2.19. The predicted molar refractivity (Wildman–Crippen MR) is 80.2 cm³/mol. The maximum atomic E-state index is 12.1. The predicted octanol–water partition coefficient (Wildman–Crippen LogP) is 2.25. The normalized spacial score (nSPS) is 12.6. The first-order valence-electron chi connectivity index (χ1n) is 6.92. The number of rotatable bonds is 5. The van der Waals surface area contributed by atoms with Gasteiger partial charge in [0.1, 0.15) is 0 Å². The Bertz CT molecular complexity index is 452. The summed E-state index contributed by atoms with van der Waals surface area (Å²) in [5, 5.41) is 2.94. The molecule has 0 radical (unpaired) electrons. The molecule has 1 atom stereocenters. The van der Waals surface area contributed by atoms with Crippen LogP contribution in [0.1, 0.15) is 36.1 Å². The topological polar surface area (TPSA) is 55.1 Å². The van der Waals surface area contributed by atoms with Crippen molar-refractivity contribution in [3.05, 3.63) is 34.4 Å². The number of aryl methyl sites for hydroxylation is 3. The standard InChI is InChI=1S/C16H26N2O/c1-10(2)18-16(19)15(9-17)8-14-7-12(4)11(3)6-13(14)5/h6-7,10,15H,8-9,17H2,1-5H3,(H,18,19). The van der Waals surface area contributed by atoms with E-state index in [1.165, 1.54) is 22.3 Å². The van der Waals surface area contributed by atoms with E-state index in [0.717, 1.165) is 0 Å². The van der Waals surface area contributed by atoms with Crippen LogP contribution in [0.5, 0.6) is 0 Å². The summed E-state index contributed by atoms with van der Waals surface area (Å²) in [6.07, 6.45) is 0.710. The number of carbonyl (C=O) groups excluding carboxylic acids is 1. The van der Waals surface area contributed by atoms with Gasteiger partial charge in [0.05, 0.1) is 5.92 Å². The molecule has 0 saturated carbocycles. The number of benzene rings is 1. The van der Waals surface area contributed by atoms with E-state index in [1.807, 2.05) is 13.8 Å². The SMILES string of the molecule is Cc1cc(C)c(CC(CN)C(=O)NC(C)C)cc1C. The van der Waals surface area contributed by atoms with Crippen molar-refractivity contribution in [2.75, 3.05) is 6.54 Å². The van der Waals surface area contributed by atoms with Gasteiger partial charge in [-0.3, -0.25) is 4.79 Å². The molecule has 0 aliphatic rings. The molecule has 106 valence electrons. The minimum Gasteiger partial charge on any atom is -0.354 e. The molecule has 0 aliphatic heterocycles. The fourth-order valence-electron chi connectivity index (χ4n) is 2.19. The van der Waals surface area contributed by atoms with Crippen molar-refractivity contribution in [3.8, 4) is 0 Å². The Balaban J connectivity index is 2.87. The Kier molecular flexibility index (Phi) is 5.55. The average molecular weight is 262 g/mol. The first-order chi connectivity index (χ1) is 8.85. The molecule has 1 aromatic rings. The average Bonchev–Trinajstić information content (AvgIpc) is 2.31. The molecule has 1 amide bonds. The highest BCUT2D eigenvalue weighted by Crippen LogP contribution is 2.18. The molecule has 0 aromatic heterocycles. The van der Waals surface area contributed by atoms with Gasteiger partial charge < -0.3 is 11.1 Å². The first-order valence-corrected chi connectivity index (χ1v) is 6.92. The van der Waals surface area contributed by atoms with Crippen molar-refractivity contribution in [2.24, 2.45) is 11.7 Å². The van der Waals surface area contributed by atoms with E-state index < -0.39 is 0 Å². The zero-order valence-electron chi connectivity index (χ0n) is 12.7. The van der Waals surface area contributed by atoms with Gasteiger partial charge >= 0.3 is 0 Å². The van der Waals surface area contributed by atoms with Crippen LogP contribution in [0.2, 0.25) is 0 Å². The smallest absolute Gasteiger partial charge is 0.224 e. The van der Waals surface area contributed by atoms with E-state index in [0.29, 0.717) is 13.0 Å². The second-order valence-electron chi connectivity index (χ2n) is 5.66. The monoisotopic (exact) mass is 262 g/mol. The van der Waals surface area contributed by atoms with Crippen LogP contribution in [-0.4, -0.2) is 18.5 Å². The van der Waals surface area contributed by atoms with Gasteiger partial charge in [0.25, 0.3) is 0 Å². The zero-order chi connectivity index (χ0) is 14.6. The van der Waals surface area contributed by atoms with Gasteiger partial charge in [0, 0.05) is 12.6 Å². The van der Waals surface area contributed by atoms with Crippen molar-refractivity contribution in [1.29, 1.82) is 0 Å². The van der Waals surface area contributed by atoms with Crippen LogP contribution in [0.25, 0.3) is 0 Å². The van der Waals surface area contributed by atoms with Crippen LogP contribution in [0.4, 0.5) is 0 Å². The Morgan fingerprint density at radius 3 is 2.26 bits per heavy atom. The Labute approximate surface area is 116 Å². The lowest BCUT2D eigenvalue weighted by atomic mass is 9.92. The quantitative estimate of drug-likeness (QED) is 0.855. The third-order valence-electron chi connectivity index (χ3n) is 3.50. The lowest BCUT2D eigenvalue weighted by Crippen LogP contribution is -2.39. The van der Waals surface area contributed by atoms with Crippen molar-refractivity contribution in [2.45, 2.75) is 47.1 Å². The van der Waals surface area contributed by atoms with E-state index in [-0.39, 0.29) is 17.9 Å². The van der Waals surface area contributed by atoms with Crippen LogP contribution in [-0.2, 0) is 11.2 Å². The summed E-state index contributed by atoms with van der Waals surface area (Å²) >= 11 is 0. The molecule has 0 fully saturated rings. The molecule has 0 bridgehead atoms. The van der Waals surface area contributed by atoms with Crippen LogP contribution < -0.4 is 11.1 Å². The van der Waals surface area contributed by atoms with E-state index in [4.69, 9.17) is 5.73 Å². The van der Waals surface area contributed by atoms with E-state index in [1.54, 1.807) is 0 Å². The van der Waals surface area contributed by atoms with Gasteiger partial charge in [-0.1, -0.05) is 12.1 Å². The van der Waals surface area contributed by atoms with Gasteiger partial charge in [-0.2, -0.15) is 0 Å². The summed E-state index contributed by atoms with van der Waals surface area (Å²) < 4.78 is 0. The minimum atomic E-state index is -0.150. The second-order valence-corrected chi connectivity index (χ2v) is 5.66. The van der Waals surface area contributed by atoms with Crippen molar-refractivity contribution >= 4 is 5.91 Å². The van der Waals surface area contributed by atoms with Crippen LogP contribution >= 0.6 is 0 Å². The van der Waals surface area contributed by atoms with Crippen LogP contribution in [0, 0.1) is 26.7 Å². The summed E-state index contributed by atoms with van der Waals surface area (Å²) in [5.74, 6) is -0.0988. The highest BCUT2D eigenvalue weighted by molar-refractivity contribution is 5.79. The summed E-state index contributed by atoms with van der Waals surface area (Å²) in [5.41, 5.74) is 10.8. The molecule has 3 N–H and O–H groups in total. The molecule has 0 aliphatic carbocycles. The van der Waals surface area contributed by atoms with E-state index in [9.17, 15) is 4.79 Å². The third kappa shape index (κ3) is 4.35.